The maximum absolute atomic E-state index is 10.9. The molecule has 7 heteroatoms. The molecule has 0 bridgehead atoms. The Balaban J connectivity index is 0. The number of carbonyl (C=O) groups is 3. The van der Waals surface area contributed by atoms with Crippen LogP contribution in [-0.4, -0.2) is 53.3 Å². The summed E-state index contributed by atoms with van der Waals surface area (Å²) in [7, 11) is 3.69. The number of hydrogen-bond donors (Lipinski definition) is 2. The molecule has 0 spiro atoms. The number of carboxylic acids is 2. The van der Waals surface area contributed by atoms with Crippen LogP contribution in [0.25, 0.3) is 0 Å². The normalized spacial score (nSPS) is 10.8. The molecule has 0 rings (SSSR count). The predicted octanol–water partition coefficient (Wildman–Crippen LogP) is 1.12. The first-order valence-corrected chi connectivity index (χ1v) is 5.64. The van der Waals surface area contributed by atoms with Gasteiger partial charge in [0.05, 0.1) is 6.42 Å². The molecule has 0 saturated carbocycles. The summed E-state index contributed by atoms with van der Waals surface area (Å²) in [5.74, 6) is -2.79. The predicted molar refractivity (Wildman–Crippen MR) is 73.1 cm³/mol. The van der Waals surface area contributed by atoms with Gasteiger partial charge in [0.1, 0.15) is 0 Å². The molecule has 0 aromatic heterocycles. The molecule has 0 fully saturated rings. The molecule has 7 nitrogen and oxygen atoms in total. The third-order valence-electron chi connectivity index (χ3n) is 2.02. The number of carboxylic acid groups (broad SMARTS) is 2. The van der Waals surface area contributed by atoms with E-state index in [1.165, 1.54) is 0 Å². The fourth-order valence-corrected chi connectivity index (χ4v) is 0.619. The molecule has 0 aliphatic heterocycles. The summed E-state index contributed by atoms with van der Waals surface area (Å²) in [6, 6.07) is 0. The number of hydrogen-bond acceptors (Lipinski definition) is 5. The largest absolute Gasteiger partial charge is 0.481 e. The Morgan fingerprint density at radius 2 is 1.65 bits per heavy atom. The van der Waals surface area contributed by atoms with E-state index in [2.05, 4.69) is 13.2 Å². The Morgan fingerprint density at radius 3 is 1.85 bits per heavy atom. The van der Waals surface area contributed by atoms with E-state index < -0.39 is 18.4 Å². The van der Waals surface area contributed by atoms with Crippen molar-refractivity contribution in [3.05, 3.63) is 24.3 Å². The maximum Gasteiger partial charge on any atom is 0.334 e. The third-order valence-corrected chi connectivity index (χ3v) is 2.02. The van der Waals surface area contributed by atoms with Crippen LogP contribution in [0.2, 0.25) is 0 Å². The Morgan fingerprint density at radius 1 is 1.20 bits per heavy atom. The van der Waals surface area contributed by atoms with E-state index in [4.69, 9.17) is 14.9 Å². The topological polar surface area (TPSA) is 104 Å². The van der Waals surface area contributed by atoms with Crippen molar-refractivity contribution in [2.75, 3.05) is 14.1 Å². The van der Waals surface area contributed by atoms with Crippen molar-refractivity contribution in [1.29, 1.82) is 0 Å². The Labute approximate surface area is 118 Å². The van der Waals surface area contributed by atoms with Crippen LogP contribution in [0.3, 0.4) is 0 Å². The Kier molecular flexibility index (Phi) is 9.82. The molecule has 0 saturated heterocycles. The molecule has 0 aliphatic rings. The van der Waals surface area contributed by atoms with Gasteiger partial charge < -0.3 is 14.9 Å². The first kappa shape index (κ1) is 20.2. The zero-order valence-electron chi connectivity index (χ0n) is 12.2. The van der Waals surface area contributed by atoms with Gasteiger partial charge in [-0.1, -0.05) is 13.2 Å². The molecule has 0 aromatic carbocycles. The summed E-state index contributed by atoms with van der Waals surface area (Å²) in [4.78, 5) is 32.4. The average molecular weight is 287 g/mol. The highest BCUT2D eigenvalue weighted by molar-refractivity contribution is 5.91. The van der Waals surface area contributed by atoms with Crippen molar-refractivity contribution in [1.82, 2.24) is 4.90 Å². The van der Waals surface area contributed by atoms with Crippen molar-refractivity contribution < 1.29 is 29.3 Å². The van der Waals surface area contributed by atoms with E-state index in [1.807, 2.05) is 14.1 Å². The van der Waals surface area contributed by atoms with Gasteiger partial charge in [-0.3, -0.25) is 9.69 Å². The van der Waals surface area contributed by atoms with Crippen molar-refractivity contribution in [3.63, 3.8) is 0 Å². The zero-order valence-corrected chi connectivity index (χ0v) is 12.2. The molecular weight excluding hydrogens is 266 g/mol. The second kappa shape index (κ2) is 9.74. The van der Waals surface area contributed by atoms with Crippen LogP contribution in [0.5, 0.6) is 0 Å². The van der Waals surface area contributed by atoms with E-state index in [1.54, 1.807) is 18.7 Å². The molecule has 114 valence electrons. The van der Waals surface area contributed by atoms with Crippen molar-refractivity contribution in [2.45, 2.75) is 26.5 Å². The number of carbonyl (C=O) groups excluding carboxylic acids is 1. The first-order chi connectivity index (χ1) is 8.98. The average Bonchev–Trinajstić information content (AvgIpc) is 2.28. The summed E-state index contributed by atoms with van der Waals surface area (Å²) >= 11 is 0. The second-order valence-corrected chi connectivity index (χ2v) is 4.23. The van der Waals surface area contributed by atoms with Crippen LogP contribution in [0.1, 0.15) is 20.3 Å². The standard InChI is InChI=1S/C8H15NO2.C5H6O4/c1-6(2)8(10)11-7(3)9(4)5;1-3(5(8)9)2-4(6)7/h7H,1H2,2-5H3;1-2H2,(H,6,7)(H,8,9). The highest BCUT2D eigenvalue weighted by atomic mass is 16.6. The zero-order chi connectivity index (χ0) is 16.5. The summed E-state index contributed by atoms with van der Waals surface area (Å²) < 4.78 is 4.96. The van der Waals surface area contributed by atoms with Crippen LogP contribution >= 0.6 is 0 Å². The van der Waals surface area contributed by atoms with Crippen LogP contribution in [0.15, 0.2) is 24.3 Å². The van der Waals surface area contributed by atoms with Gasteiger partial charge in [-0.15, -0.1) is 0 Å². The maximum atomic E-state index is 10.9. The smallest absolute Gasteiger partial charge is 0.334 e. The van der Waals surface area contributed by atoms with Crippen LogP contribution < -0.4 is 0 Å². The van der Waals surface area contributed by atoms with Crippen LogP contribution in [-0.2, 0) is 19.1 Å². The van der Waals surface area contributed by atoms with Gasteiger partial charge in [-0.2, -0.15) is 0 Å². The van der Waals surface area contributed by atoms with Crippen molar-refractivity contribution in [2.24, 2.45) is 0 Å². The van der Waals surface area contributed by atoms with Crippen molar-refractivity contribution in [3.8, 4) is 0 Å². The van der Waals surface area contributed by atoms with Gasteiger partial charge >= 0.3 is 17.9 Å². The minimum Gasteiger partial charge on any atom is -0.481 e. The third kappa shape index (κ3) is 11.0. The van der Waals surface area contributed by atoms with Gasteiger partial charge in [-0.25, -0.2) is 9.59 Å². The summed E-state index contributed by atoms with van der Waals surface area (Å²) in [5, 5.41) is 16.1. The molecule has 0 heterocycles. The summed E-state index contributed by atoms with van der Waals surface area (Å²) in [6.07, 6.45) is -0.700. The minimum atomic E-state index is -1.27. The molecule has 1 atom stereocenters. The van der Waals surface area contributed by atoms with Gasteiger partial charge in [-0.05, 0) is 27.9 Å². The lowest BCUT2D eigenvalue weighted by Gasteiger charge is -2.19. The number of ether oxygens (including phenoxy) is 1. The minimum absolute atomic E-state index is 0.195. The molecule has 0 radical (unpaired) electrons. The van der Waals surface area contributed by atoms with Crippen LogP contribution in [0.4, 0.5) is 0 Å². The molecule has 20 heavy (non-hydrogen) atoms. The monoisotopic (exact) mass is 287 g/mol. The lowest BCUT2D eigenvalue weighted by molar-refractivity contribution is -0.150. The number of aliphatic carboxylic acids is 2. The van der Waals surface area contributed by atoms with E-state index in [0.29, 0.717) is 5.57 Å². The number of esters is 1. The number of nitrogens with zero attached hydrogens (tertiary/aromatic N) is 1. The quantitative estimate of drug-likeness (QED) is 0.428. The fraction of sp³-hybridized carbons (Fsp3) is 0.462. The van der Waals surface area contributed by atoms with E-state index in [9.17, 15) is 14.4 Å². The molecule has 0 amide bonds. The van der Waals surface area contributed by atoms with Crippen LogP contribution in [0, 0.1) is 0 Å². The van der Waals surface area contributed by atoms with Gasteiger partial charge in [0.25, 0.3) is 0 Å². The van der Waals surface area contributed by atoms with Gasteiger partial charge in [0.2, 0.25) is 0 Å². The molecule has 2 N–H and O–H groups in total. The van der Waals surface area contributed by atoms with E-state index in [0.717, 1.165) is 0 Å². The summed E-state index contributed by atoms with van der Waals surface area (Å²) in [6.45, 7) is 9.92. The number of rotatable bonds is 6. The van der Waals surface area contributed by atoms with Gasteiger partial charge in [0.15, 0.2) is 6.23 Å². The highest BCUT2D eigenvalue weighted by Crippen LogP contribution is 1.99. The molecule has 0 aromatic rings. The SMILES string of the molecule is C=C(C)C(=O)OC(C)N(C)C.C=C(CC(=O)O)C(=O)O. The van der Waals surface area contributed by atoms with E-state index >= 15 is 0 Å². The first-order valence-electron chi connectivity index (χ1n) is 5.64. The summed E-state index contributed by atoms with van der Waals surface area (Å²) in [5.41, 5.74) is 0.126. The molecule has 0 aliphatic carbocycles. The van der Waals surface area contributed by atoms with Crippen molar-refractivity contribution >= 4 is 17.9 Å². The second-order valence-electron chi connectivity index (χ2n) is 4.23. The highest BCUT2D eigenvalue weighted by Gasteiger charge is 2.10. The Hall–Kier alpha value is -2.15. The Bertz CT molecular complexity index is 400. The van der Waals surface area contributed by atoms with E-state index in [-0.39, 0.29) is 17.8 Å². The lowest BCUT2D eigenvalue weighted by Crippen LogP contribution is -2.30. The molecular formula is C13H21NO6. The molecule has 1 unspecified atom stereocenters. The lowest BCUT2D eigenvalue weighted by atomic mass is 10.2. The van der Waals surface area contributed by atoms with Gasteiger partial charge in [0, 0.05) is 11.1 Å². The fourth-order valence-electron chi connectivity index (χ4n) is 0.619.